The lowest BCUT2D eigenvalue weighted by Gasteiger charge is -2.46. The van der Waals surface area contributed by atoms with Crippen LogP contribution in [0.1, 0.15) is 32.4 Å². The fourth-order valence-electron chi connectivity index (χ4n) is 2.99. The highest BCUT2D eigenvalue weighted by atomic mass is 35.5. The van der Waals surface area contributed by atoms with Gasteiger partial charge in [0.05, 0.1) is 29.3 Å². The van der Waals surface area contributed by atoms with Crippen molar-refractivity contribution in [1.82, 2.24) is 10.2 Å². The van der Waals surface area contributed by atoms with Crippen LogP contribution in [-0.4, -0.2) is 43.3 Å². The van der Waals surface area contributed by atoms with Gasteiger partial charge >= 0.3 is 0 Å². The third kappa shape index (κ3) is 3.91. The second kappa shape index (κ2) is 7.30. The summed E-state index contributed by atoms with van der Waals surface area (Å²) in [4.78, 5) is 2.48. The number of ether oxygens (including phenoxy) is 1. The van der Waals surface area contributed by atoms with E-state index in [-0.39, 0.29) is 11.6 Å². The largest absolute Gasteiger partial charge is 0.379 e. The second-order valence-corrected chi connectivity index (χ2v) is 6.73. The molecule has 1 aliphatic rings. The SMILES string of the molecule is CCNC(c1ccc(Cl)c(Cl)c1)C(C)(C)N1CCOCC1. The van der Waals surface area contributed by atoms with Crippen molar-refractivity contribution in [2.24, 2.45) is 0 Å². The Kier molecular flexibility index (Phi) is 5.92. The summed E-state index contributed by atoms with van der Waals surface area (Å²) in [6.07, 6.45) is 0. The molecule has 1 fully saturated rings. The molecule has 0 aromatic heterocycles. The van der Waals surface area contributed by atoms with Gasteiger partial charge in [-0.25, -0.2) is 0 Å². The van der Waals surface area contributed by atoms with Crippen molar-refractivity contribution < 1.29 is 4.74 Å². The first-order chi connectivity index (χ1) is 9.96. The molecule has 2 rings (SSSR count). The number of benzene rings is 1. The smallest absolute Gasteiger partial charge is 0.0595 e. The minimum atomic E-state index is -0.0308. The van der Waals surface area contributed by atoms with Gasteiger partial charge in [-0.2, -0.15) is 0 Å². The number of halogens is 2. The van der Waals surface area contributed by atoms with E-state index in [1.165, 1.54) is 5.56 Å². The molecule has 0 saturated carbocycles. The maximum absolute atomic E-state index is 6.20. The molecule has 1 N–H and O–H groups in total. The van der Waals surface area contributed by atoms with Crippen LogP contribution >= 0.6 is 23.2 Å². The van der Waals surface area contributed by atoms with E-state index in [0.717, 1.165) is 32.8 Å². The molecule has 0 spiro atoms. The lowest BCUT2D eigenvalue weighted by atomic mass is 9.86. The van der Waals surface area contributed by atoms with Gasteiger partial charge in [0, 0.05) is 18.6 Å². The van der Waals surface area contributed by atoms with E-state index in [9.17, 15) is 0 Å². The molecule has 1 saturated heterocycles. The molecule has 118 valence electrons. The van der Waals surface area contributed by atoms with E-state index in [0.29, 0.717) is 10.0 Å². The minimum absolute atomic E-state index is 0.0308. The lowest BCUT2D eigenvalue weighted by molar-refractivity contribution is -0.0236. The Bertz CT molecular complexity index is 473. The van der Waals surface area contributed by atoms with Gasteiger partial charge in [0.2, 0.25) is 0 Å². The maximum Gasteiger partial charge on any atom is 0.0595 e. The van der Waals surface area contributed by atoms with Gasteiger partial charge in [-0.3, -0.25) is 4.90 Å². The van der Waals surface area contributed by atoms with Crippen molar-refractivity contribution in [3.8, 4) is 0 Å². The summed E-state index contributed by atoms with van der Waals surface area (Å²) >= 11 is 12.2. The highest BCUT2D eigenvalue weighted by Gasteiger charge is 2.36. The molecule has 1 heterocycles. The summed E-state index contributed by atoms with van der Waals surface area (Å²) in [7, 11) is 0. The zero-order chi connectivity index (χ0) is 15.5. The highest BCUT2D eigenvalue weighted by molar-refractivity contribution is 6.42. The second-order valence-electron chi connectivity index (χ2n) is 5.92. The summed E-state index contributed by atoms with van der Waals surface area (Å²) in [6.45, 7) is 11.1. The molecular weight excluding hydrogens is 307 g/mol. The molecule has 1 aromatic carbocycles. The predicted octanol–water partition coefficient (Wildman–Crippen LogP) is 3.75. The third-order valence-corrected chi connectivity index (χ3v) is 4.96. The zero-order valence-electron chi connectivity index (χ0n) is 13.0. The number of hydrogen-bond acceptors (Lipinski definition) is 3. The van der Waals surface area contributed by atoms with Crippen LogP contribution in [-0.2, 0) is 4.74 Å². The Labute approximate surface area is 137 Å². The van der Waals surface area contributed by atoms with Crippen LogP contribution in [0.25, 0.3) is 0 Å². The first-order valence-electron chi connectivity index (χ1n) is 7.48. The summed E-state index contributed by atoms with van der Waals surface area (Å²) in [5, 5.41) is 4.80. The normalized spacial score (nSPS) is 18.7. The molecule has 0 aliphatic carbocycles. The minimum Gasteiger partial charge on any atom is -0.379 e. The number of nitrogens with zero attached hydrogens (tertiary/aromatic N) is 1. The average Bonchev–Trinajstić information content (AvgIpc) is 2.48. The van der Waals surface area contributed by atoms with E-state index in [1.54, 1.807) is 0 Å². The Hall–Kier alpha value is -0.320. The van der Waals surface area contributed by atoms with Gasteiger partial charge in [0.1, 0.15) is 0 Å². The monoisotopic (exact) mass is 330 g/mol. The van der Waals surface area contributed by atoms with E-state index >= 15 is 0 Å². The van der Waals surface area contributed by atoms with Crippen LogP contribution in [0.2, 0.25) is 10.0 Å². The Balaban J connectivity index is 2.29. The van der Waals surface area contributed by atoms with E-state index < -0.39 is 0 Å². The molecular formula is C16H24Cl2N2O. The molecule has 1 unspecified atom stereocenters. The van der Waals surface area contributed by atoms with Crippen molar-refractivity contribution in [1.29, 1.82) is 0 Å². The molecule has 1 aliphatic heterocycles. The van der Waals surface area contributed by atoms with Crippen molar-refractivity contribution in [2.45, 2.75) is 32.4 Å². The predicted molar refractivity (Wildman–Crippen MR) is 89.4 cm³/mol. The number of rotatable bonds is 5. The molecule has 0 bridgehead atoms. The summed E-state index contributed by atoms with van der Waals surface area (Å²) < 4.78 is 5.47. The zero-order valence-corrected chi connectivity index (χ0v) is 14.5. The fraction of sp³-hybridized carbons (Fsp3) is 0.625. The van der Waals surface area contributed by atoms with Gasteiger partial charge in [-0.1, -0.05) is 36.2 Å². The van der Waals surface area contributed by atoms with Gasteiger partial charge in [-0.05, 0) is 38.1 Å². The van der Waals surface area contributed by atoms with Crippen molar-refractivity contribution in [3.05, 3.63) is 33.8 Å². The molecule has 0 radical (unpaired) electrons. The van der Waals surface area contributed by atoms with Gasteiger partial charge in [0.15, 0.2) is 0 Å². The first-order valence-corrected chi connectivity index (χ1v) is 8.23. The average molecular weight is 331 g/mol. The van der Waals surface area contributed by atoms with Crippen LogP contribution < -0.4 is 5.32 Å². The number of likely N-dealkylation sites (N-methyl/N-ethyl adjacent to an activating group) is 1. The van der Waals surface area contributed by atoms with Crippen LogP contribution in [0.15, 0.2) is 18.2 Å². The van der Waals surface area contributed by atoms with Crippen molar-refractivity contribution in [2.75, 3.05) is 32.8 Å². The van der Waals surface area contributed by atoms with Crippen molar-refractivity contribution in [3.63, 3.8) is 0 Å². The molecule has 21 heavy (non-hydrogen) atoms. The molecule has 1 atom stereocenters. The molecule has 0 amide bonds. The maximum atomic E-state index is 6.20. The Morgan fingerprint density at radius 2 is 1.90 bits per heavy atom. The molecule has 3 nitrogen and oxygen atoms in total. The number of hydrogen-bond donors (Lipinski definition) is 1. The quantitative estimate of drug-likeness (QED) is 0.889. The van der Waals surface area contributed by atoms with Crippen molar-refractivity contribution >= 4 is 23.2 Å². The Morgan fingerprint density at radius 3 is 2.48 bits per heavy atom. The topological polar surface area (TPSA) is 24.5 Å². The highest BCUT2D eigenvalue weighted by Crippen LogP contribution is 2.34. The van der Waals surface area contributed by atoms with Gasteiger partial charge < -0.3 is 10.1 Å². The van der Waals surface area contributed by atoms with Gasteiger partial charge in [-0.15, -0.1) is 0 Å². The van der Waals surface area contributed by atoms with Crippen LogP contribution in [0.4, 0.5) is 0 Å². The summed E-state index contributed by atoms with van der Waals surface area (Å²) in [5.74, 6) is 0. The van der Waals surface area contributed by atoms with E-state index in [2.05, 4.69) is 37.1 Å². The van der Waals surface area contributed by atoms with E-state index in [4.69, 9.17) is 27.9 Å². The van der Waals surface area contributed by atoms with Crippen LogP contribution in [0.5, 0.6) is 0 Å². The molecule has 5 heteroatoms. The fourth-order valence-corrected chi connectivity index (χ4v) is 3.30. The first kappa shape index (κ1) is 17.0. The van der Waals surface area contributed by atoms with Crippen LogP contribution in [0.3, 0.4) is 0 Å². The summed E-state index contributed by atoms with van der Waals surface area (Å²) in [6, 6.07) is 6.10. The lowest BCUT2D eigenvalue weighted by Crippen LogP contribution is -2.56. The standard InChI is InChI=1S/C16H24Cl2N2O/c1-4-19-15(12-5-6-13(17)14(18)11-12)16(2,3)20-7-9-21-10-8-20/h5-6,11,15,19H,4,7-10H2,1-3H3. The number of morpholine rings is 1. The summed E-state index contributed by atoms with van der Waals surface area (Å²) in [5.41, 5.74) is 1.14. The molecule has 1 aromatic rings. The Morgan fingerprint density at radius 1 is 1.24 bits per heavy atom. The van der Waals surface area contributed by atoms with Crippen LogP contribution in [0, 0.1) is 0 Å². The van der Waals surface area contributed by atoms with Gasteiger partial charge in [0.25, 0.3) is 0 Å². The third-order valence-electron chi connectivity index (χ3n) is 4.22. The number of nitrogens with one attached hydrogen (secondary N) is 1. The van der Waals surface area contributed by atoms with E-state index in [1.807, 2.05) is 12.1 Å².